The largest absolute Gasteiger partial charge is 0.394 e. The Morgan fingerprint density at radius 1 is 1.12 bits per heavy atom. The standard InChI is InChI=1S/C26H26N4O3/c1-16-9-10-17(13-21(16)25-28-23-6-2-3-7-24(23)29-25)27-22-8-4-5-20-19(22)11-12-30(26(20)33)14-18(32)15-31/h2-10,13,18,27,31-32H,11-12,14-15H2,1H3,(H,28,29)/t18-/m0/s1. The summed E-state index contributed by atoms with van der Waals surface area (Å²) < 4.78 is 0. The number of aliphatic hydroxyl groups excluding tert-OH is 2. The maximum Gasteiger partial charge on any atom is 0.254 e. The van der Waals surface area contributed by atoms with E-state index in [1.807, 2.05) is 48.5 Å². The number of nitrogens with one attached hydrogen (secondary N) is 2. The van der Waals surface area contributed by atoms with E-state index in [2.05, 4.69) is 29.4 Å². The van der Waals surface area contributed by atoms with Crippen LogP contribution >= 0.6 is 0 Å². The number of carbonyl (C=O) groups excluding carboxylic acids is 1. The van der Waals surface area contributed by atoms with Gasteiger partial charge in [0.1, 0.15) is 5.82 Å². The van der Waals surface area contributed by atoms with Crippen LogP contribution in [-0.4, -0.2) is 56.8 Å². The molecule has 3 aromatic carbocycles. The summed E-state index contributed by atoms with van der Waals surface area (Å²) in [7, 11) is 0. The maximum atomic E-state index is 12.9. The number of rotatable bonds is 6. The SMILES string of the molecule is Cc1ccc(Nc2cccc3c2CCN(C[C@H](O)CO)C3=O)cc1-c1nc2ccccc2[nH]1. The monoisotopic (exact) mass is 442 g/mol. The van der Waals surface area contributed by atoms with Crippen molar-refractivity contribution < 1.29 is 15.0 Å². The van der Waals surface area contributed by atoms with Crippen LogP contribution < -0.4 is 5.32 Å². The number of aromatic amines is 1. The van der Waals surface area contributed by atoms with E-state index in [0.717, 1.165) is 44.9 Å². The highest BCUT2D eigenvalue weighted by Gasteiger charge is 2.27. The molecule has 0 aliphatic carbocycles. The quantitative estimate of drug-likeness (QED) is 0.365. The summed E-state index contributed by atoms with van der Waals surface area (Å²) in [6.07, 6.45) is -0.258. The molecule has 7 nitrogen and oxygen atoms in total. The van der Waals surface area contributed by atoms with Gasteiger partial charge in [0.15, 0.2) is 0 Å². The van der Waals surface area contributed by atoms with Gasteiger partial charge in [-0.2, -0.15) is 0 Å². The molecule has 0 radical (unpaired) electrons. The Morgan fingerprint density at radius 2 is 1.97 bits per heavy atom. The van der Waals surface area contributed by atoms with E-state index in [1.54, 1.807) is 4.90 Å². The van der Waals surface area contributed by atoms with Crippen LogP contribution in [0.1, 0.15) is 21.5 Å². The van der Waals surface area contributed by atoms with Gasteiger partial charge in [0.05, 0.1) is 23.7 Å². The number of para-hydroxylation sites is 2. The van der Waals surface area contributed by atoms with Crippen molar-refractivity contribution in [3.63, 3.8) is 0 Å². The Labute approximate surface area is 191 Å². The molecule has 0 unspecified atom stereocenters. The molecule has 168 valence electrons. The molecule has 1 aromatic heterocycles. The summed E-state index contributed by atoms with van der Waals surface area (Å²) in [5, 5.41) is 22.4. The van der Waals surface area contributed by atoms with Crippen molar-refractivity contribution in [3.05, 3.63) is 77.4 Å². The Morgan fingerprint density at radius 3 is 2.79 bits per heavy atom. The lowest BCUT2D eigenvalue weighted by Gasteiger charge is -2.31. The Kier molecular flexibility index (Phi) is 5.58. The lowest BCUT2D eigenvalue weighted by Crippen LogP contribution is -2.43. The van der Waals surface area contributed by atoms with Crippen molar-refractivity contribution in [2.75, 3.05) is 25.0 Å². The molecular weight excluding hydrogens is 416 g/mol. The van der Waals surface area contributed by atoms with Crippen molar-refractivity contribution in [2.24, 2.45) is 0 Å². The van der Waals surface area contributed by atoms with Crippen molar-refractivity contribution in [3.8, 4) is 11.4 Å². The second-order valence-corrected chi connectivity index (χ2v) is 8.43. The molecule has 7 heteroatoms. The van der Waals surface area contributed by atoms with E-state index in [0.29, 0.717) is 18.5 Å². The fraction of sp³-hybridized carbons (Fsp3) is 0.231. The Bertz CT molecular complexity index is 1300. The fourth-order valence-electron chi connectivity index (χ4n) is 4.37. The summed E-state index contributed by atoms with van der Waals surface area (Å²) in [4.78, 5) is 22.7. The number of aryl methyl sites for hydroxylation is 1. The first kappa shape index (κ1) is 21.2. The van der Waals surface area contributed by atoms with E-state index >= 15 is 0 Å². The fourth-order valence-corrected chi connectivity index (χ4v) is 4.37. The summed E-state index contributed by atoms with van der Waals surface area (Å²) in [5.74, 6) is 0.694. The molecule has 0 saturated carbocycles. The second-order valence-electron chi connectivity index (χ2n) is 8.43. The molecule has 0 fully saturated rings. The predicted molar refractivity (Wildman–Crippen MR) is 129 cm³/mol. The lowest BCUT2D eigenvalue weighted by molar-refractivity contribution is 0.0445. The van der Waals surface area contributed by atoms with E-state index < -0.39 is 6.10 Å². The molecule has 4 N–H and O–H groups in total. The highest BCUT2D eigenvalue weighted by molar-refractivity contribution is 5.98. The van der Waals surface area contributed by atoms with E-state index in [4.69, 9.17) is 10.1 Å². The third-order valence-corrected chi connectivity index (χ3v) is 6.13. The Balaban J connectivity index is 1.44. The topological polar surface area (TPSA) is 101 Å². The van der Waals surface area contributed by atoms with Crippen LogP contribution in [0.5, 0.6) is 0 Å². The van der Waals surface area contributed by atoms with Crippen molar-refractivity contribution in [1.29, 1.82) is 0 Å². The number of carbonyl (C=O) groups is 1. The van der Waals surface area contributed by atoms with Crippen molar-refractivity contribution >= 4 is 28.3 Å². The number of fused-ring (bicyclic) bond motifs is 2. The van der Waals surface area contributed by atoms with Crippen LogP contribution in [0.4, 0.5) is 11.4 Å². The minimum atomic E-state index is -0.930. The van der Waals surface area contributed by atoms with Gasteiger partial charge in [0.25, 0.3) is 5.91 Å². The molecule has 0 saturated heterocycles. The highest BCUT2D eigenvalue weighted by Crippen LogP contribution is 2.31. The number of β-amino-alcohol motifs (C(OH)–C–C–N with tert-alkyl or cyclic N) is 1. The molecule has 0 spiro atoms. The lowest BCUT2D eigenvalue weighted by atomic mass is 9.96. The third-order valence-electron chi connectivity index (χ3n) is 6.13. The van der Waals surface area contributed by atoms with Gasteiger partial charge >= 0.3 is 0 Å². The number of imidazole rings is 1. The molecule has 33 heavy (non-hydrogen) atoms. The predicted octanol–water partition coefficient (Wildman–Crippen LogP) is 3.63. The van der Waals surface area contributed by atoms with Crippen LogP contribution in [-0.2, 0) is 6.42 Å². The molecule has 0 bridgehead atoms. The number of H-pyrrole nitrogens is 1. The van der Waals surface area contributed by atoms with Gasteiger partial charge in [0, 0.05) is 35.6 Å². The van der Waals surface area contributed by atoms with Crippen LogP contribution in [0.2, 0.25) is 0 Å². The van der Waals surface area contributed by atoms with Gasteiger partial charge in [0.2, 0.25) is 0 Å². The van der Waals surface area contributed by atoms with Crippen molar-refractivity contribution in [1.82, 2.24) is 14.9 Å². The first-order valence-electron chi connectivity index (χ1n) is 11.1. The second kappa shape index (κ2) is 8.69. The molecule has 1 atom stereocenters. The van der Waals surface area contributed by atoms with E-state index in [9.17, 15) is 9.90 Å². The number of benzene rings is 3. The number of hydrogen-bond acceptors (Lipinski definition) is 5. The third kappa shape index (κ3) is 4.08. The molecule has 2 heterocycles. The van der Waals surface area contributed by atoms with Gasteiger partial charge in [-0.25, -0.2) is 4.98 Å². The van der Waals surface area contributed by atoms with E-state index in [-0.39, 0.29) is 19.1 Å². The number of hydrogen-bond donors (Lipinski definition) is 4. The summed E-state index contributed by atoms with van der Waals surface area (Å²) in [6, 6.07) is 19.8. The van der Waals surface area contributed by atoms with Crippen molar-refractivity contribution in [2.45, 2.75) is 19.4 Å². The summed E-state index contributed by atoms with van der Waals surface area (Å²) in [6.45, 7) is 2.33. The van der Waals surface area contributed by atoms with E-state index in [1.165, 1.54) is 0 Å². The molecular formula is C26H26N4O3. The zero-order valence-electron chi connectivity index (χ0n) is 18.4. The van der Waals surface area contributed by atoms with Gasteiger partial charge in [-0.1, -0.05) is 24.3 Å². The average Bonchev–Trinajstić information content (AvgIpc) is 3.26. The van der Waals surface area contributed by atoms with Crippen LogP contribution in [0, 0.1) is 6.92 Å². The molecule has 4 aromatic rings. The molecule has 1 aliphatic rings. The maximum absolute atomic E-state index is 12.9. The van der Waals surface area contributed by atoms with Gasteiger partial charge in [-0.3, -0.25) is 4.79 Å². The average molecular weight is 443 g/mol. The van der Waals surface area contributed by atoms with Crippen LogP contribution in [0.15, 0.2) is 60.7 Å². The normalized spacial score (nSPS) is 14.4. The Hall–Kier alpha value is -3.68. The van der Waals surface area contributed by atoms with Gasteiger partial charge in [-0.15, -0.1) is 0 Å². The smallest absolute Gasteiger partial charge is 0.254 e. The first-order chi connectivity index (χ1) is 16.0. The number of nitrogens with zero attached hydrogens (tertiary/aromatic N) is 2. The number of anilines is 2. The molecule has 1 aliphatic heterocycles. The molecule has 5 rings (SSSR count). The van der Waals surface area contributed by atoms with Crippen LogP contribution in [0.25, 0.3) is 22.4 Å². The minimum absolute atomic E-state index is 0.126. The highest BCUT2D eigenvalue weighted by atomic mass is 16.3. The first-order valence-corrected chi connectivity index (χ1v) is 11.1. The number of aromatic nitrogens is 2. The zero-order valence-corrected chi connectivity index (χ0v) is 18.4. The summed E-state index contributed by atoms with van der Waals surface area (Å²) >= 11 is 0. The van der Waals surface area contributed by atoms with Gasteiger partial charge in [-0.05, 0) is 60.9 Å². The van der Waals surface area contributed by atoms with Crippen LogP contribution in [0.3, 0.4) is 0 Å². The minimum Gasteiger partial charge on any atom is -0.394 e. The number of amides is 1. The molecule has 1 amide bonds. The summed E-state index contributed by atoms with van der Waals surface area (Å²) in [5.41, 5.74) is 7.44. The van der Waals surface area contributed by atoms with Gasteiger partial charge < -0.3 is 25.4 Å². The zero-order chi connectivity index (χ0) is 22.9. The number of aliphatic hydroxyl groups is 2.